The maximum atomic E-state index is 10.4. The van der Waals surface area contributed by atoms with E-state index >= 15 is 0 Å². The van der Waals surface area contributed by atoms with Gasteiger partial charge in [0.25, 0.3) is 0 Å². The van der Waals surface area contributed by atoms with Crippen LogP contribution in [-0.2, 0) is 25.1 Å². The Hall–Kier alpha value is -1.93. The Balaban J connectivity index is 0.000000551. The van der Waals surface area contributed by atoms with Crippen LogP contribution in [0.3, 0.4) is 0 Å². The van der Waals surface area contributed by atoms with E-state index in [1.807, 2.05) is 0 Å². The molecule has 29 heavy (non-hydrogen) atoms. The molecule has 0 fully saturated rings. The Kier molecular flexibility index (Phi) is 11.8. The van der Waals surface area contributed by atoms with Crippen molar-refractivity contribution in [3.05, 3.63) is 29.8 Å². The number of hydrogen-bond acceptors (Lipinski definition) is 10. The van der Waals surface area contributed by atoms with Crippen molar-refractivity contribution in [3.63, 3.8) is 0 Å². The molecule has 166 valence electrons. The van der Waals surface area contributed by atoms with Gasteiger partial charge in [0.15, 0.2) is 6.29 Å². The van der Waals surface area contributed by atoms with Crippen molar-refractivity contribution in [3.8, 4) is 5.75 Å². The number of rotatable bonds is 10. The standard InChI is InChI=1S/C9H11NO3.C6H13O9P/c10-8(9(12)13)5-6-1-3-7(11)4-2-6;7-1-3(8)5(10)6(11)4(9)2-15-16(12,13)14/h1-4,8,11H,5,10H2,(H,12,13);1,3-6,8-11H,2H2,(H2,12,13,14)/t8-;3-,4+,5+,6+/m00/s1. The zero-order chi connectivity index (χ0) is 22.8. The number of carboxylic acid groups (broad SMARTS) is 1. The number of aliphatic hydroxyl groups is 4. The fourth-order valence-electron chi connectivity index (χ4n) is 1.76. The average molecular weight is 441 g/mol. The second-order valence-corrected chi connectivity index (χ2v) is 7.02. The molecule has 0 aliphatic carbocycles. The van der Waals surface area contributed by atoms with Crippen LogP contribution in [0.4, 0.5) is 0 Å². The van der Waals surface area contributed by atoms with Crippen LogP contribution < -0.4 is 5.73 Å². The summed E-state index contributed by atoms with van der Waals surface area (Å²) in [7, 11) is -4.80. The van der Waals surface area contributed by atoms with E-state index in [-0.39, 0.29) is 18.5 Å². The molecule has 0 aliphatic rings. The van der Waals surface area contributed by atoms with E-state index < -0.39 is 50.9 Å². The summed E-state index contributed by atoms with van der Waals surface area (Å²) in [4.78, 5) is 37.0. The van der Waals surface area contributed by atoms with Gasteiger partial charge in [-0.05, 0) is 24.1 Å². The number of phosphoric acid groups is 1. The smallest absolute Gasteiger partial charge is 0.469 e. The molecule has 1 rings (SSSR count). The van der Waals surface area contributed by atoms with Gasteiger partial charge in [0.2, 0.25) is 0 Å². The van der Waals surface area contributed by atoms with Gasteiger partial charge >= 0.3 is 13.8 Å². The van der Waals surface area contributed by atoms with Gasteiger partial charge in [0.05, 0.1) is 6.61 Å². The van der Waals surface area contributed by atoms with Crippen LogP contribution in [0.2, 0.25) is 0 Å². The molecule has 0 unspecified atom stereocenters. The van der Waals surface area contributed by atoms with E-state index in [0.29, 0.717) is 0 Å². The highest BCUT2D eigenvalue weighted by Crippen LogP contribution is 2.35. The molecule has 0 radical (unpaired) electrons. The van der Waals surface area contributed by atoms with Crippen LogP contribution in [0.5, 0.6) is 5.75 Å². The predicted molar refractivity (Wildman–Crippen MR) is 95.5 cm³/mol. The Morgan fingerprint density at radius 3 is 2.03 bits per heavy atom. The highest BCUT2D eigenvalue weighted by molar-refractivity contribution is 7.46. The van der Waals surface area contributed by atoms with Gasteiger partial charge in [-0.2, -0.15) is 0 Å². The van der Waals surface area contributed by atoms with Crippen molar-refractivity contribution in [1.29, 1.82) is 0 Å². The Morgan fingerprint density at radius 2 is 1.62 bits per heavy atom. The number of benzene rings is 1. The normalized spacial score (nSPS) is 16.5. The van der Waals surface area contributed by atoms with Gasteiger partial charge in [-0.1, -0.05) is 12.1 Å². The third-order valence-electron chi connectivity index (χ3n) is 3.36. The van der Waals surface area contributed by atoms with Crippen molar-refractivity contribution in [2.45, 2.75) is 36.9 Å². The fourth-order valence-corrected chi connectivity index (χ4v) is 2.10. The molecule has 5 atom stereocenters. The molecule has 10 N–H and O–H groups in total. The third-order valence-corrected chi connectivity index (χ3v) is 3.84. The lowest BCUT2D eigenvalue weighted by molar-refractivity contribution is -0.138. The third kappa shape index (κ3) is 11.6. The van der Waals surface area contributed by atoms with E-state index in [4.69, 9.17) is 46.2 Å². The van der Waals surface area contributed by atoms with Crippen molar-refractivity contribution in [2.24, 2.45) is 5.73 Å². The number of hydrogen-bond donors (Lipinski definition) is 9. The molecule has 13 nitrogen and oxygen atoms in total. The predicted octanol–water partition coefficient (Wildman–Crippen LogP) is -2.92. The number of nitrogens with two attached hydrogens (primary N) is 1. The molecule has 0 heterocycles. The molecule has 0 aromatic heterocycles. The summed E-state index contributed by atoms with van der Waals surface area (Å²) in [5.41, 5.74) is 6.12. The quantitative estimate of drug-likeness (QED) is 0.131. The fraction of sp³-hybridized carbons (Fsp3) is 0.467. The molecule has 0 saturated carbocycles. The first-order valence-electron chi connectivity index (χ1n) is 7.92. The molecule has 0 amide bonds. The minimum atomic E-state index is -4.80. The highest BCUT2D eigenvalue weighted by atomic mass is 31.2. The topological polar surface area (TPSA) is 248 Å². The molecule has 14 heteroatoms. The van der Waals surface area contributed by atoms with Crippen molar-refractivity contribution in [2.75, 3.05) is 6.61 Å². The van der Waals surface area contributed by atoms with Gasteiger partial charge < -0.3 is 51.0 Å². The molecule has 1 aromatic rings. The van der Waals surface area contributed by atoms with E-state index in [9.17, 15) is 14.2 Å². The Bertz CT molecular complexity index is 678. The van der Waals surface area contributed by atoms with Crippen molar-refractivity contribution < 1.29 is 59.1 Å². The summed E-state index contributed by atoms with van der Waals surface area (Å²) in [5, 5.41) is 53.5. The summed E-state index contributed by atoms with van der Waals surface area (Å²) >= 11 is 0. The number of phenols is 1. The lowest BCUT2D eigenvalue weighted by Crippen LogP contribution is -2.46. The Labute approximate surface area is 164 Å². The molecule has 0 saturated heterocycles. The van der Waals surface area contributed by atoms with E-state index in [2.05, 4.69) is 4.52 Å². The molecule has 1 aromatic carbocycles. The van der Waals surface area contributed by atoms with Gasteiger partial charge in [0, 0.05) is 0 Å². The van der Waals surface area contributed by atoms with Crippen LogP contribution >= 0.6 is 7.82 Å². The van der Waals surface area contributed by atoms with Gasteiger partial charge in [-0.15, -0.1) is 0 Å². The SMILES string of the molecule is N[C@@H](Cc1ccc(O)cc1)C(=O)O.O=C[C@H](O)[C@@H](O)[C@H](O)[C@H](O)COP(=O)(O)O. The van der Waals surface area contributed by atoms with Crippen molar-refractivity contribution in [1.82, 2.24) is 0 Å². The number of aliphatic hydroxyl groups excluding tert-OH is 4. The zero-order valence-corrected chi connectivity index (χ0v) is 15.8. The minimum Gasteiger partial charge on any atom is -0.508 e. The maximum Gasteiger partial charge on any atom is 0.469 e. The summed E-state index contributed by atoms with van der Waals surface area (Å²) < 4.78 is 14.1. The number of aliphatic carboxylic acids is 1. The molecular formula is C15H24NO12P. The van der Waals surface area contributed by atoms with Crippen LogP contribution in [-0.4, -0.2) is 89.7 Å². The number of phenolic OH excluding ortho intramolecular Hbond substituents is 1. The average Bonchev–Trinajstić information content (AvgIpc) is 2.65. The molecular weight excluding hydrogens is 417 g/mol. The van der Waals surface area contributed by atoms with Crippen molar-refractivity contribution >= 4 is 20.1 Å². The number of aromatic hydroxyl groups is 1. The molecule has 0 spiro atoms. The molecule has 0 bridgehead atoms. The second kappa shape index (κ2) is 12.6. The zero-order valence-electron chi connectivity index (χ0n) is 14.9. The number of carboxylic acids is 1. The number of phosphoric ester groups is 1. The molecule has 0 aliphatic heterocycles. The van der Waals surface area contributed by atoms with E-state index in [1.165, 1.54) is 12.1 Å². The van der Waals surface area contributed by atoms with Crippen LogP contribution in [0.1, 0.15) is 5.56 Å². The van der Waals surface area contributed by atoms with Crippen LogP contribution in [0.15, 0.2) is 24.3 Å². The lowest BCUT2D eigenvalue weighted by atomic mass is 10.0. The van der Waals surface area contributed by atoms with Crippen LogP contribution in [0, 0.1) is 0 Å². The largest absolute Gasteiger partial charge is 0.508 e. The maximum absolute atomic E-state index is 10.4. The summed E-state index contributed by atoms with van der Waals surface area (Å²) in [6, 6.07) is 5.42. The number of carbonyl (C=O) groups excluding carboxylic acids is 1. The second-order valence-electron chi connectivity index (χ2n) is 5.78. The van der Waals surface area contributed by atoms with Gasteiger partial charge in [0.1, 0.15) is 36.2 Å². The lowest BCUT2D eigenvalue weighted by Gasteiger charge is -2.23. The van der Waals surface area contributed by atoms with E-state index in [1.54, 1.807) is 12.1 Å². The highest BCUT2D eigenvalue weighted by Gasteiger charge is 2.31. The monoisotopic (exact) mass is 441 g/mol. The van der Waals surface area contributed by atoms with Gasteiger partial charge in [-0.3, -0.25) is 9.32 Å². The summed E-state index contributed by atoms with van der Waals surface area (Å²) in [6.45, 7) is -0.964. The Morgan fingerprint density at radius 1 is 1.10 bits per heavy atom. The number of aldehydes is 1. The van der Waals surface area contributed by atoms with Gasteiger partial charge in [-0.25, -0.2) is 4.57 Å². The minimum absolute atomic E-state index is 0.0650. The number of carbonyl (C=O) groups is 2. The first-order valence-corrected chi connectivity index (χ1v) is 9.45. The first-order chi connectivity index (χ1) is 13.3. The summed E-state index contributed by atoms with van der Waals surface area (Å²) in [5.74, 6) is -0.860. The first kappa shape index (κ1) is 27.1. The summed E-state index contributed by atoms with van der Waals surface area (Å²) in [6.07, 6.45) is -7.53. The van der Waals surface area contributed by atoms with Crippen LogP contribution in [0.25, 0.3) is 0 Å². The van der Waals surface area contributed by atoms with E-state index in [0.717, 1.165) is 5.56 Å².